The van der Waals surface area contributed by atoms with Crippen LogP contribution in [0.15, 0.2) is 41.4 Å². The Morgan fingerprint density at radius 1 is 1.16 bits per heavy atom. The zero-order chi connectivity index (χ0) is 17.8. The van der Waals surface area contributed by atoms with Crippen LogP contribution in [0, 0.1) is 18.6 Å². The van der Waals surface area contributed by atoms with Crippen molar-refractivity contribution in [2.24, 2.45) is 4.99 Å². The number of aliphatic imine (C=N–C) groups is 1. The van der Waals surface area contributed by atoms with Crippen molar-refractivity contribution in [3.8, 4) is 17.0 Å². The average Bonchev–Trinajstić information content (AvgIpc) is 3.04. The molecule has 0 bridgehead atoms. The molecule has 3 rings (SSSR count). The van der Waals surface area contributed by atoms with Crippen LogP contribution in [-0.2, 0) is 6.61 Å². The van der Waals surface area contributed by atoms with Crippen molar-refractivity contribution in [2.45, 2.75) is 13.5 Å². The summed E-state index contributed by atoms with van der Waals surface area (Å²) >= 11 is 0. The van der Waals surface area contributed by atoms with E-state index in [0.29, 0.717) is 22.7 Å². The number of benzene rings is 2. The maximum Gasteiger partial charge on any atom is 0.159 e. The Bertz CT molecular complexity index is 921. The maximum absolute atomic E-state index is 13.3. The number of aromatic amines is 1. The van der Waals surface area contributed by atoms with Gasteiger partial charge in [0.15, 0.2) is 11.6 Å². The standard InChI is InChI=1S/C18H16F2N4O/c1-11-5-13(18-17(9-21-2)22-24-23-18)8-14(6-11)25-10-12-3-4-15(19)16(20)7-12/h3-9H,10H2,1-2H3,(H,22,23,24)/b21-9+. The smallest absolute Gasteiger partial charge is 0.159 e. The summed E-state index contributed by atoms with van der Waals surface area (Å²) in [6.07, 6.45) is 1.64. The minimum Gasteiger partial charge on any atom is -0.489 e. The molecule has 128 valence electrons. The van der Waals surface area contributed by atoms with E-state index < -0.39 is 11.6 Å². The molecule has 0 amide bonds. The fourth-order valence-corrected chi connectivity index (χ4v) is 2.43. The number of nitrogens with one attached hydrogen (secondary N) is 1. The quantitative estimate of drug-likeness (QED) is 0.719. The van der Waals surface area contributed by atoms with E-state index in [1.165, 1.54) is 6.07 Å². The van der Waals surface area contributed by atoms with Crippen molar-refractivity contribution in [3.05, 3.63) is 64.9 Å². The van der Waals surface area contributed by atoms with Crippen LogP contribution >= 0.6 is 0 Å². The van der Waals surface area contributed by atoms with Gasteiger partial charge in [-0.05, 0) is 48.4 Å². The Kier molecular flexibility index (Phi) is 4.83. The molecule has 0 unspecified atom stereocenters. The highest BCUT2D eigenvalue weighted by Gasteiger charge is 2.11. The number of H-pyrrole nitrogens is 1. The molecule has 0 saturated heterocycles. The fourth-order valence-electron chi connectivity index (χ4n) is 2.43. The van der Waals surface area contributed by atoms with E-state index in [1.54, 1.807) is 13.3 Å². The molecule has 0 aliphatic heterocycles. The molecule has 0 saturated carbocycles. The van der Waals surface area contributed by atoms with E-state index in [2.05, 4.69) is 20.4 Å². The third-order valence-electron chi connectivity index (χ3n) is 3.55. The van der Waals surface area contributed by atoms with E-state index >= 15 is 0 Å². The maximum atomic E-state index is 13.3. The molecular weight excluding hydrogens is 326 g/mol. The zero-order valence-corrected chi connectivity index (χ0v) is 13.8. The molecule has 25 heavy (non-hydrogen) atoms. The number of rotatable bonds is 5. The van der Waals surface area contributed by atoms with Gasteiger partial charge in [-0.2, -0.15) is 0 Å². The molecule has 1 heterocycles. The van der Waals surface area contributed by atoms with Crippen LogP contribution in [0.3, 0.4) is 0 Å². The molecule has 0 aliphatic rings. The molecule has 0 spiro atoms. The zero-order valence-electron chi connectivity index (χ0n) is 13.8. The number of aromatic nitrogens is 3. The lowest BCUT2D eigenvalue weighted by Crippen LogP contribution is -1.98. The third kappa shape index (κ3) is 3.88. The van der Waals surface area contributed by atoms with E-state index in [1.807, 2.05) is 25.1 Å². The summed E-state index contributed by atoms with van der Waals surface area (Å²) in [7, 11) is 1.66. The summed E-state index contributed by atoms with van der Waals surface area (Å²) < 4.78 is 32.0. The molecule has 0 radical (unpaired) electrons. The van der Waals surface area contributed by atoms with Gasteiger partial charge in [0.25, 0.3) is 0 Å². The molecule has 7 heteroatoms. The summed E-state index contributed by atoms with van der Waals surface area (Å²) in [5, 5.41) is 10.7. The lowest BCUT2D eigenvalue weighted by atomic mass is 10.1. The first-order valence-corrected chi connectivity index (χ1v) is 7.59. The minimum absolute atomic E-state index is 0.127. The van der Waals surface area contributed by atoms with Gasteiger partial charge in [-0.15, -0.1) is 5.10 Å². The van der Waals surface area contributed by atoms with Crippen LogP contribution < -0.4 is 4.74 Å². The van der Waals surface area contributed by atoms with Gasteiger partial charge in [0.2, 0.25) is 0 Å². The van der Waals surface area contributed by atoms with Gasteiger partial charge in [0, 0.05) is 18.8 Å². The molecule has 1 aromatic heterocycles. The van der Waals surface area contributed by atoms with Crippen molar-refractivity contribution in [3.63, 3.8) is 0 Å². The van der Waals surface area contributed by atoms with Gasteiger partial charge in [-0.25, -0.2) is 8.78 Å². The Morgan fingerprint density at radius 3 is 2.76 bits per heavy atom. The topological polar surface area (TPSA) is 63.2 Å². The predicted octanol–water partition coefficient (Wildman–Crippen LogP) is 3.69. The summed E-state index contributed by atoms with van der Waals surface area (Å²) in [6, 6.07) is 9.33. The largest absolute Gasteiger partial charge is 0.489 e. The SMILES string of the molecule is C/N=C/c1[nH]nnc1-c1cc(C)cc(OCc2ccc(F)c(F)c2)c1. The fraction of sp³-hybridized carbons (Fsp3) is 0.167. The van der Waals surface area contributed by atoms with E-state index in [9.17, 15) is 8.78 Å². The van der Waals surface area contributed by atoms with Crippen LogP contribution in [0.25, 0.3) is 11.3 Å². The van der Waals surface area contributed by atoms with E-state index in [-0.39, 0.29) is 6.61 Å². The Labute approximate surface area is 143 Å². The minimum atomic E-state index is -0.892. The number of aryl methyl sites for hydroxylation is 1. The molecule has 0 aliphatic carbocycles. The second-order valence-corrected chi connectivity index (χ2v) is 5.53. The van der Waals surface area contributed by atoms with Crippen LogP contribution in [0.2, 0.25) is 0 Å². The number of nitrogens with zero attached hydrogens (tertiary/aromatic N) is 3. The van der Waals surface area contributed by atoms with Gasteiger partial charge in [0.05, 0.1) is 0 Å². The number of ether oxygens (including phenoxy) is 1. The molecule has 2 aromatic carbocycles. The molecule has 1 N–H and O–H groups in total. The van der Waals surface area contributed by atoms with Crippen molar-refractivity contribution >= 4 is 6.21 Å². The van der Waals surface area contributed by atoms with Crippen LogP contribution in [0.4, 0.5) is 8.78 Å². The number of hydrogen-bond donors (Lipinski definition) is 1. The molecule has 3 aromatic rings. The second kappa shape index (κ2) is 7.21. The summed E-state index contributed by atoms with van der Waals surface area (Å²) in [4.78, 5) is 3.97. The van der Waals surface area contributed by atoms with Crippen molar-refractivity contribution in [2.75, 3.05) is 7.05 Å². The van der Waals surface area contributed by atoms with Crippen molar-refractivity contribution in [1.82, 2.24) is 15.4 Å². The van der Waals surface area contributed by atoms with Gasteiger partial charge >= 0.3 is 0 Å². The van der Waals surface area contributed by atoms with Crippen molar-refractivity contribution < 1.29 is 13.5 Å². The first kappa shape index (κ1) is 16.8. The Morgan fingerprint density at radius 2 is 2.00 bits per heavy atom. The van der Waals surface area contributed by atoms with Crippen LogP contribution in [-0.4, -0.2) is 28.7 Å². The Balaban J connectivity index is 1.84. The lowest BCUT2D eigenvalue weighted by Gasteiger charge is -2.09. The summed E-state index contributed by atoms with van der Waals surface area (Å²) in [5.41, 5.74) is 3.69. The molecule has 0 atom stereocenters. The highest BCUT2D eigenvalue weighted by Crippen LogP contribution is 2.26. The lowest BCUT2D eigenvalue weighted by molar-refractivity contribution is 0.305. The van der Waals surface area contributed by atoms with Gasteiger partial charge in [-0.3, -0.25) is 10.1 Å². The third-order valence-corrected chi connectivity index (χ3v) is 3.55. The van der Waals surface area contributed by atoms with Crippen LogP contribution in [0.1, 0.15) is 16.8 Å². The second-order valence-electron chi connectivity index (χ2n) is 5.53. The first-order valence-electron chi connectivity index (χ1n) is 7.59. The Hall–Kier alpha value is -3.09. The first-order chi connectivity index (χ1) is 12.1. The monoisotopic (exact) mass is 342 g/mol. The van der Waals surface area contributed by atoms with Crippen LogP contribution in [0.5, 0.6) is 5.75 Å². The van der Waals surface area contributed by atoms with Gasteiger partial charge < -0.3 is 4.74 Å². The molecule has 0 fully saturated rings. The number of halogens is 2. The molecular formula is C18H16F2N4O. The van der Waals surface area contributed by atoms with Gasteiger partial charge in [0.1, 0.15) is 23.7 Å². The van der Waals surface area contributed by atoms with E-state index in [0.717, 1.165) is 23.3 Å². The number of hydrogen-bond acceptors (Lipinski definition) is 4. The predicted molar refractivity (Wildman–Crippen MR) is 90.8 cm³/mol. The summed E-state index contributed by atoms with van der Waals surface area (Å²) in [5.74, 6) is -1.17. The van der Waals surface area contributed by atoms with Crippen molar-refractivity contribution in [1.29, 1.82) is 0 Å². The summed E-state index contributed by atoms with van der Waals surface area (Å²) in [6.45, 7) is 2.06. The normalized spacial score (nSPS) is 11.2. The average molecular weight is 342 g/mol. The molecule has 5 nitrogen and oxygen atoms in total. The highest BCUT2D eigenvalue weighted by atomic mass is 19.2. The van der Waals surface area contributed by atoms with Gasteiger partial charge in [-0.1, -0.05) is 11.3 Å². The van der Waals surface area contributed by atoms with E-state index in [4.69, 9.17) is 4.74 Å². The highest BCUT2D eigenvalue weighted by molar-refractivity contribution is 5.86.